The van der Waals surface area contributed by atoms with Gasteiger partial charge in [-0.2, -0.15) is 0 Å². The molecule has 122 valence electrons. The van der Waals surface area contributed by atoms with Gasteiger partial charge in [0.05, 0.1) is 6.04 Å². The molecule has 0 radical (unpaired) electrons. The normalized spacial score (nSPS) is 11.9. The SMILES string of the molecule is C[C@H](NC(=O)c1ccc(-c2ccccc2)[nH]c1=O)c1nnc(N)s1. The number of carbonyl (C=O) groups is 1. The maximum Gasteiger partial charge on any atom is 0.261 e. The number of H-pyrrole nitrogens is 1. The molecule has 24 heavy (non-hydrogen) atoms. The zero-order chi connectivity index (χ0) is 17.1. The minimum absolute atomic E-state index is 0.0408. The lowest BCUT2D eigenvalue weighted by Gasteiger charge is -2.10. The van der Waals surface area contributed by atoms with Crippen LogP contribution in [0.5, 0.6) is 0 Å². The molecule has 0 saturated carbocycles. The third-order valence-corrected chi connectivity index (χ3v) is 4.35. The van der Waals surface area contributed by atoms with Crippen molar-refractivity contribution in [2.75, 3.05) is 5.73 Å². The molecular weight excluding hydrogens is 326 g/mol. The third kappa shape index (κ3) is 3.33. The fraction of sp³-hybridized carbons (Fsp3) is 0.125. The molecule has 0 unspecified atom stereocenters. The van der Waals surface area contributed by atoms with E-state index in [9.17, 15) is 9.59 Å². The number of nitrogens with two attached hydrogens (primary N) is 1. The Kier molecular flexibility index (Phi) is 4.39. The van der Waals surface area contributed by atoms with Crippen molar-refractivity contribution in [2.24, 2.45) is 0 Å². The number of aromatic nitrogens is 3. The molecule has 1 atom stereocenters. The molecule has 8 heteroatoms. The van der Waals surface area contributed by atoms with Crippen molar-refractivity contribution in [3.05, 3.63) is 63.4 Å². The van der Waals surface area contributed by atoms with Gasteiger partial charge in [0.2, 0.25) is 5.13 Å². The van der Waals surface area contributed by atoms with Crippen molar-refractivity contribution in [2.45, 2.75) is 13.0 Å². The lowest BCUT2D eigenvalue weighted by atomic mass is 10.1. The minimum Gasteiger partial charge on any atom is -0.374 e. The van der Waals surface area contributed by atoms with Gasteiger partial charge >= 0.3 is 0 Å². The van der Waals surface area contributed by atoms with Gasteiger partial charge in [-0.3, -0.25) is 9.59 Å². The van der Waals surface area contributed by atoms with Crippen molar-refractivity contribution in [1.82, 2.24) is 20.5 Å². The first kappa shape index (κ1) is 15.9. The minimum atomic E-state index is -0.475. The van der Waals surface area contributed by atoms with Crippen LogP contribution in [0.25, 0.3) is 11.3 Å². The van der Waals surface area contributed by atoms with E-state index in [2.05, 4.69) is 20.5 Å². The van der Waals surface area contributed by atoms with Crippen molar-refractivity contribution in [3.8, 4) is 11.3 Å². The molecule has 0 fully saturated rings. The number of nitrogens with one attached hydrogen (secondary N) is 2. The number of carbonyl (C=O) groups excluding carboxylic acids is 1. The van der Waals surface area contributed by atoms with Crippen LogP contribution in [0.15, 0.2) is 47.3 Å². The molecule has 0 aliphatic heterocycles. The quantitative estimate of drug-likeness (QED) is 0.671. The van der Waals surface area contributed by atoms with E-state index in [0.717, 1.165) is 5.56 Å². The molecule has 0 saturated heterocycles. The summed E-state index contributed by atoms with van der Waals surface area (Å²) in [6.45, 7) is 1.75. The van der Waals surface area contributed by atoms with Crippen LogP contribution in [0.4, 0.5) is 5.13 Å². The summed E-state index contributed by atoms with van der Waals surface area (Å²) >= 11 is 1.19. The summed E-state index contributed by atoms with van der Waals surface area (Å²) in [4.78, 5) is 27.2. The van der Waals surface area contributed by atoms with Gasteiger partial charge in [-0.25, -0.2) is 0 Å². The van der Waals surface area contributed by atoms with Crippen molar-refractivity contribution in [1.29, 1.82) is 0 Å². The molecule has 1 amide bonds. The largest absolute Gasteiger partial charge is 0.374 e. The van der Waals surface area contributed by atoms with Gasteiger partial charge < -0.3 is 16.0 Å². The first-order chi connectivity index (χ1) is 11.5. The first-order valence-electron chi connectivity index (χ1n) is 7.23. The Labute approximate surface area is 141 Å². The molecule has 0 aliphatic carbocycles. The van der Waals surface area contributed by atoms with Crippen LogP contribution in [0.3, 0.4) is 0 Å². The Balaban J connectivity index is 1.79. The number of hydrogen-bond acceptors (Lipinski definition) is 6. The highest BCUT2D eigenvalue weighted by Gasteiger charge is 2.17. The molecule has 4 N–H and O–H groups in total. The second-order valence-corrected chi connectivity index (χ2v) is 6.20. The standard InChI is InChI=1S/C16H15N5O2S/c1-9(15-20-21-16(17)24-15)18-13(22)11-7-8-12(19-14(11)23)10-5-3-2-4-6-10/h2-9H,1H3,(H2,17,21)(H,18,22)(H,19,23)/t9-/m0/s1. The number of rotatable bonds is 4. The Morgan fingerprint density at radius 3 is 2.58 bits per heavy atom. The molecule has 3 aromatic rings. The van der Waals surface area contributed by atoms with Crippen LogP contribution < -0.4 is 16.6 Å². The maximum atomic E-state index is 12.3. The van der Waals surface area contributed by atoms with E-state index in [1.807, 2.05) is 30.3 Å². The molecule has 0 aliphatic rings. The molecular formula is C16H15N5O2S. The molecule has 0 bridgehead atoms. The predicted molar refractivity (Wildman–Crippen MR) is 92.7 cm³/mol. The fourth-order valence-electron chi connectivity index (χ4n) is 2.20. The van der Waals surface area contributed by atoms with Gasteiger partial charge in [0.25, 0.3) is 11.5 Å². The van der Waals surface area contributed by atoms with Gasteiger partial charge in [-0.15, -0.1) is 10.2 Å². The number of pyridine rings is 1. The summed E-state index contributed by atoms with van der Waals surface area (Å²) in [5.41, 5.74) is 6.65. The highest BCUT2D eigenvalue weighted by Crippen LogP contribution is 2.19. The van der Waals surface area contributed by atoms with Crippen LogP contribution >= 0.6 is 11.3 Å². The summed E-state index contributed by atoms with van der Waals surface area (Å²) < 4.78 is 0. The zero-order valence-electron chi connectivity index (χ0n) is 12.8. The summed E-state index contributed by atoms with van der Waals surface area (Å²) in [6.07, 6.45) is 0. The monoisotopic (exact) mass is 341 g/mol. The number of amides is 1. The Hall–Kier alpha value is -3.00. The van der Waals surface area contributed by atoms with E-state index in [4.69, 9.17) is 5.73 Å². The van der Waals surface area contributed by atoms with Crippen LogP contribution in [-0.2, 0) is 0 Å². The van der Waals surface area contributed by atoms with Gasteiger partial charge in [-0.1, -0.05) is 41.7 Å². The molecule has 2 heterocycles. The third-order valence-electron chi connectivity index (χ3n) is 3.41. The van der Waals surface area contributed by atoms with Gasteiger partial charge in [-0.05, 0) is 24.6 Å². The average Bonchev–Trinajstić information content (AvgIpc) is 3.02. The molecule has 3 rings (SSSR count). The van der Waals surface area contributed by atoms with E-state index in [1.165, 1.54) is 17.4 Å². The second-order valence-electron chi connectivity index (χ2n) is 5.15. The number of nitrogen functional groups attached to an aromatic ring is 1. The van der Waals surface area contributed by atoms with Crippen LogP contribution in [0, 0.1) is 0 Å². The summed E-state index contributed by atoms with van der Waals surface area (Å²) in [7, 11) is 0. The van der Waals surface area contributed by atoms with E-state index in [-0.39, 0.29) is 11.6 Å². The smallest absolute Gasteiger partial charge is 0.261 e. The molecule has 2 aromatic heterocycles. The topological polar surface area (TPSA) is 114 Å². The first-order valence-corrected chi connectivity index (χ1v) is 8.04. The van der Waals surface area contributed by atoms with E-state index in [0.29, 0.717) is 15.8 Å². The Bertz CT molecular complexity index is 919. The Morgan fingerprint density at radius 1 is 1.21 bits per heavy atom. The predicted octanol–water partition coefficient (Wildman–Crippen LogP) is 1.97. The van der Waals surface area contributed by atoms with Gasteiger partial charge in [0.1, 0.15) is 10.6 Å². The van der Waals surface area contributed by atoms with E-state index >= 15 is 0 Å². The maximum absolute atomic E-state index is 12.3. The van der Waals surface area contributed by atoms with E-state index < -0.39 is 11.5 Å². The van der Waals surface area contributed by atoms with Crippen molar-refractivity contribution in [3.63, 3.8) is 0 Å². The lowest BCUT2D eigenvalue weighted by Crippen LogP contribution is -2.31. The highest BCUT2D eigenvalue weighted by molar-refractivity contribution is 7.15. The molecule has 0 spiro atoms. The average molecular weight is 341 g/mol. The van der Waals surface area contributed by atoms with Crippen molar-refractivity contribution >= 4 is 22.4 Å². The second kappa shape index (κ2) is 6.63. The number of aromatic amines is 1. The highest BCUT2D eigenvalue weighted by atomic mass is 32.1. The molecule has 1 aromatic carbocycles. The fourth-order valence-corrected chi connectivity index (χ4v) is 2.81. The number of hydrogen-bond donors (Lipinski definition) is 3. The number of anilines is 1. The zero-order valence-corrected chi connectivity index (χ0v) is 13.6. The number of nitrogens with zero attached hydrogens (tertiary/aromatic N) is 2. The summed E-state index contributed by atoms with van der Waals surface area (Å²) in [6, 6.07) is 12.2. The summed E-state index contributed by atoms with van der Waals surface area (Å²) in [5, 5.41) is 11.2. The lowest BCUT2D eigenvalue weighted by molar-refractivity contribution is 0.0938. The summed E-state index contributed by atoms with van der Waals surface area (Å²) in [5.74, 6) is -0.475. The van der Waals surface area contributed by atoms with E-state index in [1.54, 1.807) is 13.0 Å². The van der Waals surface area contributed by atoms with Crippen molar-refractivity contribution < 1.29 is 4.79 Å². The van der Waals surface area contributed by atoms with Gasteiger partial charge in [0.15, 0.2) is 0 Å². The van der Waals surface area contributed by atoms with Crippen LogP contribution in [-0.4, -0.2) is 21.1 Å². The molecule has 7 nitrogen and oxygen atoms in total. The van der Waals surface area contributed by atoms with Crippen LogP contribution in [0.2, 0.25) is 0 Å². The van der Waals surface area contributed by atoms with Gasteiger partial charge in [0, 0.05) is 5.69 Å². The Morgan fingerprint density at radius 2 is 1.96 bits per heavy atom. The van der Waals surface area contributed by atoms with Crippen LogP contribution in [0.1, 0.15) is 28.3 Å². The number of benzene rings is 1.